The third-order valence-corrected chi connectivity index (χ3v) is 2.78. The summed E-state index contributed by atoms with van der Waals surface area (Å²) in [6.07, 6.45) is 4.27. The number of benzene rings is 2. The maximum atomic E-state index is 5.21. The Morgan fingerprint density at radius 2 is 1.71 bits per heavy atom. The van der Waals surface area contributed by atoms with Gasteiger partial charge in [-0.15, -0.1) is 0 Å². The van der Waals surface area contributed by atoms with Gasteiger partial charge in [0.15, 0.2) is 0 Å². The van der Waals surface area contributed by atoms with E-state index in [4.69, 9.17) is 4.74 Å². The number of ether oxygens (including phenoxy) is 1. The maximum Gasteiger partial charge on any atom is 0.119 e. The van der Waals surface area contributed by atoms with Gasteiger partial charge in [0.25, 0.3) is 0 Å². The molecule has 2 aromatic carbocycles. The molecular weight excluding hydrogens is 258 g/mol. The molecule has 0 aliphatic carbocycles. The van der Waals surface area contributed by atoms with Crippen molar-refractivity contribution in [2.45, 2.75) is 26.7 Å². The van der Waals surface area contributed by atoms with E-state index in [1.54, 1.807) is 0 Å². The smallest absolute Gasteiger partial charge is 0.119 e. The van der Waals surface area contributed by atoms with Crippen molar-refractivity contribution in [2.75, 3.05) is 6.61 Å². The molecule has 0 atom stereocenters. The molecule has 0 heterocycles. The van der Waals surface area contributed by atoms with Crippen LogP contribution in [0.2, 0.25) is 0 Å². The highest BCUT2D eigenvalue weighted by molar-refractivity contribution is 5.47. The van der Waals surface area contributed by atoms with Gasteiger partial charge in [0, 0.05) is 0 Å². The summed E-state index contributed by atoms with van der Waals surface area (Å²) in [6.45, 7) is 8.65. The van der Waals surface area contributed by atoms with E-state index < -0.39 is 0 Å². The van der Waals surface area contributed by atoms with Gasteiger partial charge in [-0.05, 0) is 36.6 Å². The minimum Gasteiger partial charge on any atom is -0.494 e. The molecule has 0 spiro atoms. The van der Waals surface area contributed by atoms with E-state index in [1.165, 1.54) is 24.0 Å². The SMILES string of the molecule is C=Cc1cccc(CCC)c1.CCOc1ccccc1.N. The molecule has 0 aliphatic rings. The Hall–Kier alpha value is -2.06. The zero-order valence-electron chi connectivity index (χ0n) is 13.2. The first-order chi connectivity index (χ1) is 9.80. The molecule has 2 rings (SSSR count). The van der Waals surface area contributed by atoms with Gasteiger partial charge in [-0.3, -0.25) is 0 Å². The lowest BCUT2D eigenvalue weighted by Crippen LogP contribution is -1.89. The monoisotopic (exact) mass is 285 g/mol. The first-order valence-corrected chi connectivity index (χ1v) is 7.19. The van der Waals surface area contributed by atoms with Gasteiger partial charge >= 0.3 is 0 Å². The van der Waals surface area contributed by atoms with Gasteiger partial charge in [-0.1, -0.05) is 68.5 Å². The van der Waals surface area contributed by atoms with Crippen molar-refractivity contribution in [1.82, 2.24) is 6.15 Å². The van der Waals surface area contributed by atoms with Crippen molar-refractivity contribution in [1.29, 1.82) is 0 Å². The second kappa shape index (κ2) is 11.7. The Labute approximate surface area is 129 Å². The molecule has 114 valence electrons. The lowest BCUT2D eigenvalue weighted by atomic mass is 10.1. The maximum absolute atomic E-state index is 5.21. The van der Waals surface area contributed by atoms with E-state index in [0.717, 1.165) is 12.4 Å². The molecular formula is C19H27NO. The molecule has 0 amide bonds. The number of rotatable bonds is 5. The van der Waals surface area contributed by atoms with Gasteiger partial charge in [0.05, 0.1) is 6.61 Å². The van der Waals surface area contributed by atoms with E-state index in [1.807, 2.05) is 43.3 Å². The van der Waals surface area contributed by atoms with Crippen molar-refractivity contribution < 1.29 is 4.74 Å². The fraction of sp³-hybridized carbons (Fsp3) is 0.263. The Bertz CT molecular complexity index is 494. The van der Waals surface area contributed by atoms with Crippen LogP contribution >= 0.6 is 0 Å². The van der Waals surface area contributed by atoms with Crippen LogP contribution in [0.3, 0.4) is 0 Å². The van der Waals surface area contributed by atoms with Crippen LogP contribution in [0.25, 0.3) is 6.08 Å². The van der Waals surface area contributed by atoms with Crippen molar-refractivity contribution in [3.8, 4) is 5.75 Å². The van der Waals surface area contributed by atoms with Gasteiger partial charge in [-0.25, -0.2) is 0 Å². The Morgan fingerprint density at radius 3 is 2.29 bits per heavy atom. The summed E-state index contributed by atoms with van der Waals surface area (Å²) < 4.78 is 5.21. The van der Waals surface area contributed by atoms with Crippen LogP contribution in [0.4, 0.5) is 0 Å². The highest BCUT2D eigenvalue weighted by Crippen LogP contribution is 2.08. The van der Waals surface area contributed by atoms with Crippen molar-refractivity contribution >= 4 is 6.08 Å². The van der Waals surface area contributed by atoms with Crippen LogP contribution < -0.4 is 10.9 Å². The first-order valence-electron chi connectivity index (χ1n) is 7.19. The van der Waals surface area contributed by atoms with Crippen LogP contribution in [0.1, 0.15) is 31.4 Å². The second-order valence-corrected chi connectivity index (χ2v) is 4.45. The third kappa shape index (κ3) is 7.95. The summed E-state index contributed by atoms with van der Waals surface area (Å²) in [6, 6.07) is 18.3. The Morgan fingerprint density at radius 1 is 1.00 bits per heavy atom. The van der Waals surface area contributed by atoms with Crippen LogP contribution in [0.15, 0.2) is 61.2 Å². The summed E-state index contributed by atoms with van der Waals surface area (Å²) in [5.74, 6) is 0.944. The van der Waals surface area contributed by atoms with Crippen LogP contribution in [-0.4, -0.2) is 6.61 Å². The van der Waals surface area contributed by atoms with Gasteiger partial charge in [-0.2, -0.15) is 0 Å². The molecule has 0 fully saturated rings. The largest absolute Gasteiger partial charge is 0.494 e. The van der Waals surface area contributed by atoms with Crippen molar-refractivity contribution in [3.05, 3.63) is 72.3 Å². The van der Waals surface area contributed by atoms with E-state index in [2.05, 4.69) is 37.8 Å². The summed E-state index contributed by atoms with van der Waals surface area (Å²) in [5, 5.41) is 0. The highest BCUT2D eigenvalue weighted by atomic mass is 16.5. The predicted octanol–water partition coefficient (Wildman–Crippen LogP) is 5.53. The molecule has 0 saturated carbocycles. The van der Waals surface area contributed by atoms with Gasteiger partial charge < -0.3 is 10.9 Å². The topological polar surface area (TPSA) is 44.2 Å². The molecule has 2 nitrogen and oxygen atoms in total. The van der Waals surface area contributed by atoms with Crippen molar-refractivity contribution in [3.63, 3.8) is 0 Å². The lowest BCUT2D eigenvalue weighted by molar-refractivity contribution is 0.340. The summed E-state index contributed by atoms with van der Waals surface area (Å²) in [7, 11) is 0. The normalized spacial score (nSPS) is 8.86. The number of hydrogen-bond acceptors (Lipinski definition) is 2. The Kier molecular flexibility index (Phi) is 10.6. The van der Waals surface area contributed by atoms with Crippen molar-refractivity contribution in [2.24, 2.45) is 0 Å². The molecule has 0 unspecified atom stereocenters. The van der Waals surface area contributed by atoms with E-state index in [0.29, 0.717) is 0 Å². The number of hydrogen-bond donors (Lipinski definition) is 1. The second-order valence-electron chi connectivity index (χ2n) is 4.45. The summed E-state index contributed by atoms with van der Waals surface area (Å²) in [4.78, 5) is 0. The molecule has 3 N–H and O–H groups in total. The summed E-state index contributed by atoms with van der Waals surface area (Å²) in [5.41, 5.74) is 2.63. The van der Waals surface area contributed by atoms with E-state index in [9.17, 15) is 0 Å². The predicted molar refractivity (Wildman–Crippen MR) is 93.2 cm³/mol. The van der Waals surface area contributed by atoms with Gasteiger partial charge in [0.2, 0.25) is 0 Å². The highest BCUT2D eigenvalue weighted by Gasteiger charge is 1.90. The zero-order valence-corrected chi connectivity index (χ0v) is 13.2. The minimum atomic E-state index is 0. The number of aryl methyl sites for hydroxylation is 1. The molecule has 2 aromatic rings. The molecule has 21 heavy (non-hydrogen) atoms. The quantitative estimate of drug-likeness (QED) is 0.785. The third-order valence-electron chi connectivity index (χ3n) is 2.78. The van der Waals surface area contributed by atoms with Gasteiger partial charge in [0.1, 0.15) is 5.75 Å². The standard InChI is InChI=1S/C11H14.C8H10O.H3N/c1-3-6-11-8-5-7-10(4-2)9-11;1-2-9-8-6-4-3-5-7-8;/h4-5,7-9H,2-3,6H2,1H3;3-7H,2H2,1H3;1H3. The van der Waals surface area contributed by atoms with E-state index >= 15 is 0 Å². The molecule has 0 bridgehead atoms. The fourth-order valence-corrected chi connectivity index (χ4v) is 1.85. The molecule has 0 saturated heterocycles. The average molecular weight is 285 g/mol. The van der Waals surface area contributed by atoms with E-state index in [-0.39, 0.29) is 6.15 Å². The molecule has 0 radical (unpaired) electrons. The average Bonchev–Trinajstić information content (AvgIpc) is 2.50. The van der Waals surface area contributed by atoms with Crippen LogP contribution in [-0.2, 0) is 6.42 Å². The fourth-order valence-electron chi connectivity index (χ4n) is 1.85. The summed E-state index contributed by atoms with van der Waals surface area (Å²) >= 11 is 0. The Balaban J connectivity index is 0.000000370. The first kappa shape index (κ1) is 18.9. The van der Waals surface area contributed by atoms with Crippen LogP contribution in [0.5, 0.6) is 5.75 Å². The van der Waals surface area contributed by atoms with Crippen LogP contribution in [0, 0.1) is 0 Å². The molecule has 0 aromatic heterocycles. The molecule has 2 heteroatoms. The molecule has 0 aliphatic heterocycles. The minimum absolute atomic E-state index is 0. The zero-order chi connectivity index (χ0) is 14.6. The number of para-hydroxylation sites is 1. The lowest BCUT2D eigenvalue weighted by Gasteiger charge is -1.99.